The first kappa shape index (κ1) is 25.4. The SMILES string of the molecule is CSc1cc(-c2cn(Cc3cn4cc(CNCC56CC(F)(C5)C6)ccc4n3)nn2)c2cnn(C3CCCCO3)c2c1. The summed E-state index contributed by atoms with van der Waals surface area (Å²) in [5, 5.41) is 18.3. The molecular weight excluding hydrogens is 539 g/mol. The minimum atomic E-state index is -0.837. The standard InChI is InChI=1S/C30H33FN8OS/c1-41-22-8-23(24-11-33-39(26(24)9-22)28-4-2-3-7-40-28)25-15-38(36-35-25)14-21-13-37-12-20(5-6-27(37)34-21)10-32-19-29-16-30(31,17-29)18-29/h5-6,8-9,11-13,15,28,32H,2-4,7,10,14,16-19H2,1H3. The lowest BCUT2D eigenvalue weighted by Gasteiger charge is -2.66. The summed E-state index contributed by atoms with van der Waals surface area (Å²) in [5.41, 5.74) is 5.27. The van der Waals surface area contributed by atoms with Gasteiger partial charge in [-0.1, -0.05) is 11.3 Å². The number of pyridine rings is 1. The Hall–Kier alpha value is -3.28. The molecule has 9 rings (SSSR count). The quantitative estimate of drug-likeness (QED) is 0.237. The fraction of sp³-hybridized carbons (Fsp3) is 0.467. The predicted octanol–water partition coefficient (Wildman–Crippen LogP) is 5.39. The van der Waals surface area contributed by atoms with Crippen LogP contribution in [-0.4, -0.2) is 59.2 Å². The van der Waals surface area contributed by atoms with Crippen molar-refractivity contribution in [1.82, 2.24) is 39.5 Å². The lowest BCUT2D eigenvalue weighted by molar-refractivity contribution is -0.209. The summed E-state index contributed by atoms with van der Waals surface area (Å²) in [6, 6.07) is 8.50. The summed E-state index contributed by atoms with van der Waals surface area (Å²) in [5.74, 6) is 0. The average Bonchev–Trinajstić information content (AvgIpc) is 3.69. The van der Waals surface area contributed by atoms with Crippen LogP contribution in [0.5, 0.6) is 0 Å². The van der Waals surface area contributed by atoms with Crippen LogP contribution in [0.1, 0.15) is 56.0 Å². The van der Waals surface area contributed by atoms with E-state index < -0.39 is 5.67 Å². The van der Waals surface area contributed by atoms with E-state index in [9.17, 15) is 4.39 Å². The van der Waals surface area contributed by atoms with E-state index >= 15 is 0 Å². The molecule has 5 aromatic rings. The zero-order valence-electron chi connectivity index (χ0n) is 23.1. The number of benzene rings is 1. The molecule has 4 aromatic heterocycles. The molecule has 3 saturated carbocycles. The van der Waals surface area contributed by atoms with E-state index in [1.807, 2.05) is 27.8 Å². The Balaban J connectivity index is 0.994. The zero-order chi connectivity index (χ0) is 27.6. The smallest absolute Gasteiger partial charge is 0.150 e. The molecular formula is C30H33FN8OS. The van der Waals surface area contributed by atoms with Gasteiger partial charge in [-0.25, -0.2) is 18.7 Å². The van der Waals surface area contributed by atoms with Crippen molar-refractivity contribution in [3.05, 3.63) is 60.3 Å². The fourth-order valence-electron chi connectivity index (χ4n) is 7.05. The molecule has 4 aliphatic rings. The molecule has 5 heterocycles. The van der Waals surface area contributed by atoms with Crippen LogP contribution in [0.3, 0.4) is 0 Å². The van der Waals surface area contributed by atoms with Crippen molar-refractivity contribution in [2.75, 3.05) is 19.4 Å². The third-order valence-corrected chi connectivity index (χ3v) is 9.67. The number of thioether (sulfide) groups is 1. The van der Waals surface area contributed by atoms with Gasteiger partial charge in [-0.3, -0.25) is 0 Å². The zero-order valence-corrected chi connectivity index (χ0v) is 23.9. The molecule has 0 radical (unpaired) electrons. The van der Waals surface area contributed by atoms with E-state index in [1.165, 1.54) is 5.56 Å². The predicted molar refractivity (Wildman–Crippen MR) is 155 cm³/mol. The highest BCUT2D eigenvalue weighted by atomic mass is 32.2. The molecule has 212 valence electrons. The van der Waals surface area contributed by atoms with Gasteiger partial charge in [0.05, 0.1) is 30.1 Å². The van der Waals surface area contributed by atoms with E-state index in [4.69, 9.17) is 14.8 Å². The van der Waals surface area contributed by atoms with Gasteiger partial charge >= 0.3 is 0 Å². The third-order valence-electron chi connectivity index (χ3n) is 8.96. The van der Waals surface area contributed by atoms with Gasteiger partial charge in [-0.05, 0) is 74.0 Å². The summed E-state index contributed by atoms with van der Waals surface area (Å²) in [7, 11) is 0. The van der Waals surface area contributed by atoms with Gasteiger partial charge in [0.25, 0.3) is 0 Å². The number of hydrogen-bond donors (Lipinski definition) is 1. The maximum Gasteiger partial charge on any atom is 0.150 e. The first-order valence-electron chi connectivity index (χ1n) is 14.4. The Kier molecular flexibility index (Phi) is 5.98. The van der Waals surface area contributed by atoms with Crippen molar-refractivity contribution in [1.29, 1.82) is 0 Å². The van der Waals surface area contributed by atoms with Crippen molar-refractivity contribution < 1.29 is 9.13 Å². The Labute approximate surface area is 241 Å². The van der Waals surface area contributed by atoms with Gasteiger partial charge in [0.2, 0.25) is 0 Å². The first-order chi connectivity index (χ1) is 20.0. The maximum absolute atomic E-state index is 13.8. The normalized spacial score (nSPS) is 25.5. The molecule has 1 aromatic carbocycles. The van der Waals surface area contributed by atoms with Crippen molar-refractivity contribution >= 4 is 28.3 Å². The molecule has 1 atom stereocenters. The summed E-state index contributed by atoms with van der Waals surface area (Å²) in [6.45, 7) is 2.96. The number of nitrogens with one attached hydrogen (secondary N) is 1. The molecule has 4 fully saturated rings. The molecule has 1 N–H and O–H groups in total. The summed E-state index contributed by atoms with van der Waals surface area (Å²) < 4.78 is 25.8. The van der Waals surface area contributed by atoms with E-state index in [2.05, 4.69) is 56.9 Å². The molecule has 9 nitrogen and oxygen atoms in total. The van der Waals surface area contributed by atoms with Crippen molar-refractivity contribution in [3.8, 4) is 11.3 Å². The lowest BCUT2D eigenvalue weighted by atomic mass is 9.42. The highest BCUT2D eigenvalue weighted by Crippen LogP contribution is 2.69. The van der Waals surface area contributed by atoms with Crippen LogP contribution in [0.25, 0.3) is 27.8 Å². The fourth-order valence-corrected chi connectivity index (χ4v) is 7.52. The molecule has 0 amide bonds. The number of halogens is 1. The highest BCUT2D eigenvalue weighted by molar-refractivity contribution is 7.98. The van der Waals surface area contributed by atoms with Gasteiger partial charge < -0.3 is 14.5 Å². The van der Waals surface area contributed by atoms with Crippen LogP contribution in [-0.2, 0) is 17.8 Å². The topological polar surface area (TPSA) is 87.1 Å². The number of hydrogen-bond acceptors (Lipinski definition) is 7. The molecule has 11 heteroatoms. The van der Waals surface area contributed by atoms with Gasteiger partial charge in [-0.15, -0.1) is 16.9 Å². The minimum absolute atomic E-state index is 0.0230. The van der Waals surface area contributed by atoms with E-state index in [1.54, 1.807) is 11.8 Å². The van der Waals surface area contributed by atoms with Crippen LogP contribution < -0.4 is 5.32 Å². The molecule has 0 spiro atoms. The Morgan fingerprint density at radius 2 is 2.05 bits per heavy atom. The summed E-state index contributed by atoms with van der Waals surface area (Å²) in [6.07, 6.45) is 15.6. The van der Waals surface area contributed by atoms with Crippen molar-refractivity contribution in [2.24, 2.45) is 5.41 Å². The summed E-state index contributed by atoms with van der Waals surface area (Å²) in [4.78, 5) is 5.95. The molecule has 1 aliphatic heterocycles. The number of aromatic nitrogens is 7. The molecule has 2 bridgehead atoms. The number of alkyl halides is 1. The first-order valence-corrected chi connectivity index (χ1v) is 15.6. The number of nitrogens with zero attached hydrogens (tertiary/aromatic N) is 7. The van der Waals surface area contributed by atoms with E-state index in [0.29, 0.717) is 6.54 Å². The molecule has 3 aliphatic carbocycles. The molecule has 1 saturated heterocycles. The van der Waals surface area contributed by atoms with Gasteiger partial charge in [0.1, 0.15) is 17.0 Å². The average molecular weight is 573 g/mol. The number of fused-ring (bicyclic) bond motifs is 2. The Morgan fingerprint density at radius 1 is 1.15 bits per heavy atom. The van der Waals surface area contributed by atoms with Crippen LogP contribution in [0.2, 0.25) is 0 Å². The number of ether oxygens (including phenoxy) is 1. The second kappa shape index (κ2) is 9.64. The largest absolute Gasteiger partial charge is 0.356 e. The van der Waals surface area contributed by atoms with E-state index in [0.717, 1.165) is 96.6 Å². The van der Waals surface area contributed by atoms with Crippen LogP contribution >= 0.6 is 11.8 Å². The van der Waals surface area contributed by atoms with E-state index in [-0.39, 0.29) is 11.6 Å². The second-order valence-corrected chi connectivity index (χ2v) is 13.0. The lowest BCUT2D eigenvalue weighted by Crippen LogP contribution is -2.67. The molecule has 41 heavy (non-hydrogen) atoms. The Morgan fingerprint density at radius 3 is 2.85 bits per heavy atom. The highest BCUT2D eigenvalue weighted by Gasteiger charge is 2.68. The molecule has 1 unspecified atom stereocenters. The van der Waals surface area contributed by atoms with Gasteiger partial charge in [0.15, 0.2) is 6.23 Å². The second-order valence-electron chi connectivity index (χ2n) is 12.1. The number of imidazole rings is 1. The number of rotatable bonds is 9. The van der Waals surface area contributed by atoms with Gasteiger partial charge in [0, 0.05) is 47.9 Å². The third kappa shape index (κ3) is 4.54. The maximum atomic E-state index is 13.8. The van der Waals surface area contributed by atoms with Gasteiger partial charge in [-0.2, -0.15) is 5.10 Å². The van der Waals surface area contributed by atoms with Crippen LogP contribution in [0.15, 0.2) is 53.9 Å². The summed E-state index contributed by atoms with van der Waals surface area (Å²) >= 11 is 1.71. The monoisotopic (exact) mass is 572 g/mol. The van der Waals surface area contributed by atoms with Crippen LogP contribution in [0.4, 0.5) is 4.39 Å². The Bertz CT molecular complexity index is 1730. The minimum Gasteiger partial charge on any atom is -0.356 e. The van der Waals surface area contributed by atoms with Crippen LogP contribution in [0, 0.1) is 5.41 Å². The van der Waals surface area contributed by atoms with Crippen molar-refractivity contribution in [2.45, 2.75) is 68.4 Å². The van der Waals surface area contributed by atoms with Crippen molar-refractivity contribution in [3.63, 3.8) is 0 Å².